The summed E-state index contributed by atoms with van der Waals surface area (Å²) in [5.41, 5.74) is 1.28. The van der Waals surface area contributed by atoms with Gasteiger partial charge in [0.15, 0.2) is 0 Å². The summed E-state index contributed by atoms with van der Waals surface area (Å²) in [6, 6.07) is 2.52. The maximum atomic E-state index is 12.4. The van der Waals surface area contributed by atoms with Crippen LogP contribution in [0.1, 0.15) is 57.1 Å². The van der Waals surface area contributed by atoms with Crippen LogP contribution in [0.4, 0.5) is 0 Å². The van der Waals surface area contributed by atoms with Gasteiger partial charge in [0.2, 0.25) is 5.91 Å². The second-order valence-corrected chi connectivity index (χ2v) is 6.04. The highest BCUT2D eigenvalue weighted by Gasteiger charge is 2.16. The molecule has 1 aliphatic rings. The molecule has 21 heavy (non-hydrogen) atoms. The van der Waals surface area contributed by atoms with Crippen LogP contribution < -0.4 is 5.32 Å². The number of rotatable bonds is 6. The monoisotopic (exact) mass is 291 g/mol. The molecule has 1 fully saturated rings. The molecule has 1 unspecified atom stereocenters. The van der Waals surface area contributed by atoms with Crippen LogP contribution >= 0.6 is 0 Å². The Labute approximate surface area is 128 Å². The number of amides is 1. The third-order valence-corrected chi connectivity index (χ3v) is 4.38. The first-order chi connectivity index (χ1) is 10.2. The maximum absolute atomic E-state index is 12.4. The number of nitrogens with zero attached hydrogens (tertiary/aromatic N) is 2. The van der Waals surface area contributed by atoms with Gasteiger partial charge in [-0.1, -0.05) is 26.2 Å². The highest BCUT2D eigenvalue weighted by atomic mass is 16.2. The first-order valence-electron chi connectivity index (χ1n) is 8.35. The van der Waals surface area contributed by atoms with Crippen LogP contribution in [-0.2, 0) is 11.3 Å². The number of nitrogens with one attached hydrogen (secondary N) is 1. The number of aromatic nitrogens is 1. The molecule has 4 heteroatoms. The normalized spacial score (nSPS) is 17.5. The number of carbonyl (C=O) groups is 1. The minimum Gasteiger partial charge on any atom is -0.345 e. The zero-order chi connectivity index (χ0) is 15.1. The Morgan fingerprint density at radius 2 is 2.00 bits per heavy atom. The van der Waals surface area contributed by atoms with Gasteiger partial charge in [-0.3, -0.25) is 4.79 Å². The topological polar surface area (TPSA) is 37.3 Å². The number of hydrogen-bond acceptors (Lipinski definition) is 2. The fraction of sp³-hybridized carbons (Fsp3) is 0.706. The van der Waals surface area contributed by atoms with Crippen molar-refractivity contribution in [3.05, 3.63) is 24.0 Å². The molecule has 0 aromatic carbocycles. The van der Waals surface area contributed by atoms with Gasteiger partial charge in [0.05, 0.1) is 0 Å². The Bertz CT molecular complexity index is 433. The lowest BCUT2D eigenvalue weighted by molar-refractivity contribution is -0.131. The summed E-state index contributed by atoms with van der Waals surface area (Å²) in [4.78, 5) is 14.4. The maximum Gasteiger partial charge on any atom is 0.242 e. The molecule has 0 saturated carbocycles. The first kappa shape index (κ1) is 16.1. The van der Waals surface area contributed by atoms with E-state index in [1.165, 1.54) is 18.4 Å². The summed E-state index contributed by atoms with van der Waals surface area (Å²) in [5, 5.41) is 3.35. The smallest absolute Gasteiger partial charge is 0.242 e. The van der Waals surface area contributed by atoms with Crippen molar-refractivity contribution < 1.29 is 4.79 Å². The van der Waals surface area contributed by atoms with Gasteiger partial charge >= 0.3 is 0 Å². The van der Waals surface area contributed by atoms with Gasteiger partial charge in [0.25, 0.3) is 0 Å². The molecule has 1 aliphatic heterocycles. The van der Waals surface area contributed by atoms with E-state index < -0.39 is 0 Å². The fourth-order valence-corrected chi connectivity index (χ4v) is 3.11. The van der Waals surface area contributed by atoms with Crippen LogP contribution in [0.15, 0.2) is 18.5 Å². The van der Waals surface area contributed by atoms with Gasteiger partial charge in [-0.25, -0.2) is 0 Å². The second kappa shape index (κ2) is 8.23. The third-order valence-electron chi connectivity index (χ3n) is 4.38. The van der Waals surface area contributed by atoms with E-state index in [1.807, 2.05) is 22.7 Å². The first-order valence-corrected chi connectivity index (χ1v) is 8.35. The van der Waals surface area contributed by atoms with Crippen molar-refractivity contribution in [3.8, 4) is 0 Å². The van der Waals surface area contributed by atoms with E-state index in [-0.39, 0.29) is 5.91 Å². The Hall–Kier alpha value is -1.29. The molecule has 2 heterocycles. The molecular formula is C17H29N3O. The van der Waals surface area contributed by atoms with Crippen LogP contribution in [0.3, 0.4) is 0 Å². The fourth-order valence-electron chi connectivity index (χ4n) is 3.11. The van der Waals surface area contributed by atoms with E-state index in [9.17, 15) is 4.79 Å². The van der Waals surface area contributed by atoms with E-state index in [0.717, 1.165) is 38.8 Å². The standard InChI is InChI=1S/C17H29N3O/c1-3-8-16(18-2)15-9-12-19(13-15)14-17(21)20-10-6-4-5-7-11-20/h9,12-13,16,18H,3-8,10-11,14H2,1-2H3. The summed E-state index contributed by atoms with van der Waals surface area (Å²) < 4.78 is 2.03. The quantitative estimate of drug-likeness (QED) is 0.875. The summed E-state index contributed by atoms with van der Waals surface area (Å²) >= 11 is 0. The van der Waals surface area contributed by atoms with Crippen molar-refractivity contribution in [2.45, 2.75) is 58.0 Å². The van der Waals surface area contributed by atoms with Crippen LogP contribution in [-0.4, -0.2) is 35.5 Å². The third kappa shape index (κ3) is 4.60. The zero-order valence-electron chi connectivity index (χ0n) is 13.5. The Morgan fingerprint density at radius 3 is 2.62 bits per heavy atom. The van der Waals surface area contributed by atoms with Crippen molar-refractivity contribution in [1.82, 2.24) is 14.8 Å². The van der Waals surface area contributed by atoms with Gasteiger partial charge < -0.3 is 14.8 Å². The predicted octanol–water partition coefficient (Wildman–Crippen LogP) is 2.95. The highest BCUT2D eigenvalue weighted by molar-refractivity contribution is 5.76. The molecule has 118 valence electrons. The molecule has 1 saturated heterocycles. The van der Waals surface area contributed by atoms with Crippen LogP contribution in [0.5, 0.6) is 0 Å². The van der Waals surface area contributed by atoms with Crippen molar-refractivity contribution in [3.63, 3.8) is 0 Å². The molecule has 2 rings (SSSR count). The number of hydrogen-bond donors (Lipinski definition) is 1. The molecule has 1 aromatic heterocycles. The Balaban J connectivity index is 1.93. The summed E-state index contributed by atoms with van der Waals surface area (Å²) in [7, 11) is 2.00. The van der Waals surface area contributed by atoms with E-state index >= 15 is 0 Å². The molecule has 0 aliphatic carbocycles. The van der Waals surface area contributed by atoms with Crippen LogP contribution in [0.25, 0.3) is 0 Å². The summed E-state index contributed by atoms with van der Waals surface area (Å²) in [6.45, 7) is 4.54. The van der Waals surface area contributed by atoms with Gasteiger partial charge in [-0.05, 0) is 37.9 Å². The molecule has 1 N–H and O–H groups in total. The Kier molecular flexibility index (Phi) is 6.30. The molecule has 0 bridgehead atoms. The molecule has 1 aromatic rings. The average Bonchev–Trinajstić information content (AvgIpc) is 2.77. The molecule has 0 radical (unpaired) electrons. The predicted molar refractivity (Wildman–Crippen MR) is 86.2 cm³/mol. The van der Waals surface area contributed by atoms with E-state index in [4.69, 9.17) is 0 Å². The van der Waals surface area contributed by atoms with Crippen LogP contribution in [0, 0.1) is 0 Å². The lowest BCUT2D eigenvalue weighted by atomic mass is 10.1. The van der Waals surface area contributed by atoms with Gasteiger partial charge in [0.1, 0.15) is 6.54 Å². The minimum atomic E-state index is 0.260. The molecular weight excluding hydrogens is 262 g/mol. The van der Waals surface area contributed by atoms with Crippen molar-refractivity contribution >= 4 is 5.91 Å². The number of likely N-dealkylation sites (tertiary alicyclic amines) is 1. The van der Waals surface area contributed by atoms with Crippen LogP contribution in [0.2, 0.25) is 0 Å². The van der Waals surface area contributed by atoms with Gasteiger partial charge in [0, 0.05) is 31.5 Å². The van der Waals surface area contributed by atoms with E-state index in [0.29, 0.717) is 12.6 Å². The zero-order valence-corrected chi connectivity index (χ0v) is 13.5. The van der Waals surface area contributed by atoms with Gasteiger partial charge in [-0.15, -0.1) is 0 Å². The molecule has 1 amide bonds. The average molecular weight is 291 g/mol. The SMILES string of the molecule is CCCC(NC)c1ccn(CC(=O)N2CCCCCC2)c1. The van der Waals surface area contributed by atoms with E-state index in [2.05, 4.69) is 24.5 Å². The van der Waals surface area contributed by atoms with Gasteiger partial charge in [-0.2, -0.15) is 0 Å². The largest absolute Gasteiger partial charge is 0.345 e. The van der Waals surface area contributed by atoms with E-state index in [1.54, 1.807) is 0 Å². The summed E-state index contributed by atoms with van der Waals surface area (Å²) in [6.07, 6.45) is 11.3. The lowest BCUT2D eigenvalue weighted by Crippen LogP contribution is -2.34. The molecule has 0 spiro atoms. The Morgan fingerprint density at radius 1 is 1.29 bits per heavy atom. The highest BCUT2D eigenvalue weighted by Crippen LogP contribution is 2.18. The molecule has 1 atom stereocenters. The van der Waals surface area contributed by atoms with Crippen molar-refractivity contribution in [2.75, 3.05) is 20.1 Å². The second-order valence-electron chi connectivity index (χ2n) is 6.04. The minimum absolute atomic E-state index is 0.260. The lowest BCUT2D eigenvalue weighted by Gasteiger charge is -2.20. The van der Waals surface area contributed by atoms with Crippen molar-refractivity contribution in [1.29, 1.82) is 0 Å². The number of carbonyl (C=O) groups excluding carboxylic acids is 1. The van der Waals surface area contributed by atoms with Crippen molar-refractivity contribution in [2.24, 2.45) is 0 Å². The molecule has 4 nitrogen and oxygen atoms in total. The summed E-state index contributed by atoms with van der Waals surface area (Å²) in [5.74, 6) is 0.260.